The van der Waals surface area contributed by atoms with Gasteiger partial charge in [0.25, 0.3) is 5.91 Å². The van der Waals surface area contributed by atoms with E-state index < -0.39 is 0 Å². The van der Waals surface area contributed by atoms with E-state index in [1.807, 2.05) is 38.8 Å². The molecule has 3 rings (SSSR count). The number of amides is 1. The number of aryl methyl sites for hydroxylation is 2. The number of aromatic hydroxyl groups is 1. The highest BCUT2D eigenvalue weighted by Gasteiger charge is 2.16. The molecule has 0 fully saturated rings. The first-order valence-electron chi connectivity index (χ1n) is 9.26. The summed E-state index contributed by atoms with van der Waals surface area (Å²) in [5.41, 5.74) is 3.15. The Hall–Kier alpha value is -2.91. The zero-order valence-corrected chi connectivity index (χ0v) is 18.1. The summed E-state index contributed by atoms with van der Waals surface area (Å²) in [6.45, 7) is 7.33. The maximum absolute atomic E-state index is 12.6. The van der Waals surface area contributed by atoms with Crippen molar-refractivity contribution in [3.63, 3.8) is 0 Å². The Balaban J connectivity index is 1.70. The van der Waals surface area contributed by atoms with Gasteiger partial charge < -0.3 is 20.6 Å². The number of nitrogens with zero attached hydrogens (tertiary/aromatic N) is 4. The van der Waals surface area contributed by atoms with E-state index >= 15 is 0 Å². The summed E-state index contributed by atoms with van der Waals surface area (Å²) in [6, 6.07) is 3.39. The minimum atomic E-state index is -0.263. The molecule has 0 aliphatic rings. The van der Waals surface area contributed by atoms with E-state index in [0.717, 1.165) is 30.0 Å². The van der Waals surface area contributed by atoms with Crippen molar-refractivity contribution in [2.75, 3.05) is 31.3 Å². The molecule has 3 N–H and O–H groups in total. The van der Waals surface area contributed by atoms with Crippen LogP contribution in [0.1, 0.15) is 26.4 Å². The summed E-state index contributed by atoms with van der Waals surface area (Å²) >= 11 is 1.25. The number of anilines is 3. The molecule has 0 bridgehead atoms. The molecule has 0 radical (unpaired) electrons. The fourth-order valence-electron chi connectivity index (χ4n) is 2.80. The van der Waals surface area contributed by atoms with E-state index in [1.54, 1.807) is 19.1 Å². The molecular weight excluding hydrogens is 388 g/mol. The number of thiazole rings is 1. The summed E-state index contributed by atoms with van der Waals surface area (Å²) in [4.78, 5) is 19.5. The van der Waals surface area contributed by atoms with Crippen LogP contribution in [0.25, 0.3) is 0 Å². The third-order valence-electron chi connectivity index (χ3n) is 4.56. The second-order valence-corrected chi connectivity index (χ2v) is 8.27. The minimum absolute atomic E-state index is 0.151. The number of hydrogen-bond acceptors (Lipinski definition) is 7. The first kappa shape index (κ1) is 20.8. The van der Waals surface area contributed by atoms with Gasteiger partial charge in [0.2, 0.25) is 0 Å². The van der Waals surface area contributed by atoms with Crippen molar-refractivity contribution >= 4 is 33.9 Å². The van der Waals surface area contributed by atoms with E-state index in [-0.39, 0.29) is 11.7 Å². The molecule has 0 saturated heterocycles. The quantitative estimate of drug-likeness (QED) is 0.547. The molecule has 2 heterocycles. The van der Waals surface area contributed by atoms with Crippen molar-refractivity contribution in [3.05, 3.63) is 46.1 Å². The van der Waals surface area contributed by atoms with Gasteiger partial charge in [-0.05, 0) is 46.5 Å². The highest BCUT2D eigenvalue weighted by atomic mass is 32.1. The lowest BCUT2D eigenvalue weighted by Crippen LogP contribution is -2.18. The number of phenols is 1. The largest absolute Gasteiger partial charge is 0.508 e. The normalized spacial score (nSPS) is 11.1. The van der Waals surface area contributed by atoms with E-state index in [9.17, 15) is 9.90 Å². The van der Waals surface area contributed by atoms with Gasteiger partial charge in [0.05, 0.1) is 18.4 Å². The third-order valence-corrected chi connectivity index (χ3v) is 5.47. The van der Waals surface area contributed by atoms with Crippen LogP contribution in [0.4, 0.5) is 16.6 Å². The van der Waals surface area contributed by atoms with Crippen LogP contribution in [0, 0.1) is 20.8 Å². The van der Waals surface area contributed by atoms with Crippen LogP contribution in [-0.4, -0.2) is 51.3 Å². The molecule has 0 atom stereocenters. The molecule has 0 unspecified atom stereocenters. The molecule has 0 saturated carbocycles. The molecule has 0 aliphatic heterocycles. The molecule has 9 heteroatoms. The van der Waals surface area contributed by atoms with Crippen molar-refractivity contribution < 1.29 is 9.90 Å². The lowest BCUT2D eigenvalue weighted by molar-refractivity contribution is 0.103. The molecule has 2 aromatic heterocycles. The maximum Gasteiger partial charge on any atom is 0.267 e. The fourth-order valence-corrected chi connectivity index (χ4v) is 3.51. The lowest BCUT2D eigenvalue weighted by Gasteiger charge is -2.11. The Morgan fingerprint density at radius 1 is 1.24 bits per heavy atom. The van der Waals surface area contributed by atoms with E-state index in [2.05, 4.69) is 25.6 Å². The van der Waals surface area contributed by atoms with Crippen molar-refractivity contribution in [2.45, 2.75) is 27.3 Å². The third kappa shape index (κ3) is 4.93. The average Bonchev–Trinajstić information content (AvgIpc) is 3.27. The second-order valence-electron chi connectivity index (χ2n) is 7.24. The van der Waals surface area contributed by atoms with Crippen LogP contribution in [0.15, 0.2) is 24.5 Å². The fraction of sp³-hybridized carbons (Fsp3) is 0.350. The van der Waals surface area contributed by atoms with Gasteiger partial charge in [-0.15, -0.1) is 0 Å². The molecular formula is C20H26N6O2S. The molecule has 3 aromatic rings. The predicted octanol–water partition coefficient (Wildman–Crippen LogP) is 3.53. The van der Waals surface area contributed by atoms with Crippen LogP contribution in [0.2, 0.25) is 0 Å². The van der Waals surface area contributed by atoms with Crippen molar-refractivity contribution in [1.29, 1.82) is 0 Å². The van der Waals surface area contributed by atoms with Crippen LogP contribution >= 0.6 is 11.3 Å². The van der Waals surface area contributed by atoms with Crippen molar-refractivity contribution in [2.24, 2.45) is 0 Å². The molecule has 1 aromatic carbocycles. The Labute approximate surface area is 174 Å². The second kappa shape index (κ2) is 8.62. The number of rotatable bonds is 7. The van der Waals surface area contributed by atoms with Gasteiger partial charge >= 0.3 is 0 Å². The number of benzene rings is 1. The number of likely N-dealkylation sites (N-methyl/N-ethyl adjacent to an activating group) is 1. The van der Waals surface area contributed by atoms with Gasteiger partial charge in [0.1, 0.15) is 10.6 Å². The molecule has 0 aliphatic carbocycles. The molecule has 29 heavy (non-hydrogen) atoms. The van der Waals surface area contributed by atoms with Gasteiger partial charge in [0, 0.05) is 23.9 Å². The molecule has 8 nitrogen and oxygen atoms in total. The highest BCUT2D eigenvalue weighted by Crippen LogP contribution is 2.29. The van der Waals surface area contributed by atoms with Crippen LogP contribution in [-0.2, 0) is 6.54 Å². The highest BCUT2D eigenvalue weighted by molar-refractivity contribution is 7.17. The van der Waals surface area contributed by atoms with E-state index in [1.165, 1.54) is 17.5 Å². The monoisotopic (exact) mass is 414 g/mol. The van der Waals surface area contributed by atoms with E-state index in [0.29, 0.717) is 21.3 Å². The molecule has 154 valence electrons. The van der Waals surface area contributed by atoms with Gasteiger partial charge in [-0.2, -0.15) is 5.10 Å². The maximum atomic E-state index is 12.6. The van der Waals surface area contributed by atoms with Gasteiger partial charge in [-0.25, -0.2) is 4.98 Å². The number of carbonyl (C=O) groups excluding carboxylic acids is 1. The zero-order valence-electron chi connectivity index (χ0n) is 17.3. The SMILES string of the molecule is Cc1cn(CCN(C)C)nc1Nc1ncc(C(=O)Nc2c(C)ccc(O)c2C)s1. The first-order chi connectivity index (χ1) is 13.7. The average molecular weight is 415 g/mol. The van der Waals surface area contributed by atoms with Crippen LogP contribution in [0.3, 0.4) is 0 Å². The molecule has 1 amide bonds. The van der Waals surface area contributed by atoms with Crippen LogP contribution in [0.5, 0.6) is 5.75 Å². The summed E-state index contributed by atoms with van der Waals surface area (Å²) in [5.74, 6) is 0.614. The summed E-state index contributed by atoms with van der Waals surface area (Å²) < 4.78 is 1.90. The Kier molecular flexibility index (Phi) is 6.19. The van der Waals surface area contributed by atoms with Gasteiger partial charge in [0.15, 0.2) is 10.9 Å². The number of carbonyl (C=O) groups is 1. The standard InChI is InChI=1S/C20H26N6O2S/c1-12-6-7-15(27)14(3)17(12)22-19(28)16-10-21-20(29-16)23-18-13(2)11-26(24-18)9-8-25(4)5/h6-7,10-11,27H,8-9H2,1-5H3,(H,22,28)(H,21,23,24). The topological polar surface area (TPSA) is 95.3 Å². The number of hydrogen-bond donors (Lipinski definition) is 3. The summed E-state index contributed by atoms with van der Waals surface area (Å²) in [6.07, 6.45) is 3.52. The molecule has 0 spiro atoms. The van der Waals surface area contributed by atoms with Gasteiger partial charge in [-0.3, -0.25) is 9.48 Å². The number of aromatic nitrogens is 3. The zero-order chi connectivity index (χ0) is 21.1. The van der Waals surface area contributed by atoms with Crippen molar-refractivity contribution in [3.8, 4) is 5.75 Å². The number of nitrogens with one attached hydrogen (secondary N) is 2. The Morgan fingerprint density at radius 2 is 2.00 bits per heavy atom. The van der Waals surface area contributed by atoms with Crippen molar-refractivity contribution in [1.82, 2.24) is 19.7 Å². The minimum Gasteiger partial charge on any atom is -0.508 e. The number of phenolic OH excluding ortho intramolecular Hbond substituents is 1. The summed E-state index contributed by atoms with van der Waals surface area (Å²) in [7, 11) is 4.05. The van der Waals surface area contributed by atoms with Crippen LogP contribution < -0.4 is 10.6 Å². The lowest BCUT2D eigenvalue weighted by atomic mass is 10.1. The summed E-state index contributed by atoms with van der Waals surface area (Å²) in [5, 5.41) is 21.1. The van der Waals surface area contributed by atoms with Gasteiger partial charge in [-0.1, -0.05) is 17.4 Å². The predicted molar refractivity (Wildman–Crippen MR) is 116 cm³/mol. The van der Waals surface area contributed by atoms with E-state index in [4.69, 9.17) is 0 Å². The Morgan fingerprint density at radius 3 is 2.72 bits per heavy atom. The Bertz CT molecular complexity index is 1020. The first-order valence-corrected chi connectivity index (χ1v) is 10.1. The smallest absolute Gasteiger partial charge is 0.267 e.